The molecular formula is C23H29NO3. The first-order chi connectivity index (χ1) is 12.9. The third-order valence-electron chi connectivity index (χ3n) is 4.58. The lowest BCUT2D eigenvalue weighted by atomic mass is 9.92. The van der Waals surface area contributed by atoms with Gasteiger partial charge in [0.2, 0.25) is 0 Å². The van der Waals surface area contributed by atoms with E-state index in [-0.39, 0.29) is 23.6 Å². The van der Waals surface area contributed by atoms with E-state index >= 15 is 0 Å². The molecular weight excluding hydrogens is 338 g/mol. The summed E-state index contributed by atoms with van der Waals surface area (Å²) in [6, 6.07) is 18.7. The van der Waals surface area contributed by atoms with Crippen molar-refractivity contribution in [2.24, 2.45) is 0 Å². The van der Waals surface area contributed by atoms with Crippen LogP contribution in [0.5, 0.6) is 0 Å². The van der Waals surface area contributed by atoms with Crippen molar-refractivity contribution in [3.05, 3.63) is 66.2 Å². The molecule has 2 aromatic rings. The number of carbonyl (C=O) groups is 1. The summed E-state index contributed by atoms with van der Waals surface area (Å²) in [5.74, 6) is 0.0221. The number of nitrogens with one attached hydrogen (secondary N) is 1. The van der Waals surface area contributed by atoms with Crippen LogP contribution in [-0.2, 0) is 9.47 Å². The van der Waals surface area contributed by atoms with Gasteiger partial charge in [0.25, 0.3) is 0 Å². The highest BCUT2D eigenvalue weighted by atomic mass is 16.6. The molecule has 0 spiro atoms. The molecule has 3 atom stereocenters. The molecule has 1 aliphatic rings. The average Bonchev–Trinajstić information content (AvgIpc) is 2.66. The molecule has 0 saturated carbocycles. The van der Waals surface area contributed by atoms with Gasteiger partial charge in [0, 0.05) is 17.9 Å². The fourth-order valence-electron chi connectivity index (χ4n) is 3.46. The molecule has 0 radical (unpaired) electrons. The Bertz CT molecular complexity index is 724. The minimum Gasteiger partial charge on any atom is -0.373 e. The normalized spacial score (nSPS) is 21.4. The number of carbonyl (C=O) groups excluding carboxylic acids is 1. The number of rotatable bonds is 6. The molecule has 2 aromatic carbocycles. The van der Waals surface area contributed by atoms with Crippen LogP contribution in [0.4, 0.5) is 5.69 Å². The highest BCUT2D eigenvalue weighted by Crippen LogP contribution is 2.28. The smallest absolute Gasteiger partial charge is 0.187 e. The van der Waals surface area contributed by atoms with Crippen molar-refractivity contribution in [3.8, 4) is 0 Å². The Morgan fingerprint density at radius 3 is 2.33 bits per heavy atom. The van der Waals surface area contributed by atoms with Crippen molar-refractivity contribution in [2.75, 3.05) is 11.9 Å². The number of Topliss-reactive ketones (excluding diaryl/α,β-unsaturated/α-hetero) is 1. The van der Waals surface area contributed by atoms with Crippen molar-refractivity contribution in [2.45, 2.75) is 57.5 Å². The molecule has 3 unspecified atom stereocenters. The summed E-state index contributed by atoms with van der Waals surface area (Å²) in [6.07, 6.45) is 1.35. The fraction of sp³-hybridized carbons (Fsp3) is 0.435. The maximum atomic E-state index is 13.4. The minimum absolute atomic E-state index is 0.0221. The van der Waals surface area contributed by atoms with Gasteiger partial charge in [-0.3, -0.25) is 4.79 Å². The van der Waals surface area contributed by atoms with Gasteiger partial charge in [0.15, 0.2) is 5.78 Å². The maximum absolute atomic E-state index is 13.4. The second-order valence-electron chi connectivity index (χ2n) is 7.96. The van der Waals surface area contributed by atoms with Crippen LogP contribution in [0.25, 0.3) is 0 Å². The highest BCUT2D eigenvalue weighted by Gasteiger charge is 2.39. The molecule has 1 fully saturated rings. The van der Waals surface area contributed by atoms with Crippen LogP contribution in [0.15, 0.2) is 60.7 Å². The van der Waals surface area contributed by atoms with E-state index < -0.39 is 6.04 Å². The van der Waals surface area contributed by atoms with Gasteiger partial charge in [-0.05, 0) is 45.7 Å². The zero-order valence-corrected chi connectivity index (χ0v) is 16.4. The standard InChI is InChI=1S/C23H29NO3/c1-23(2,3)27-19-15-10-16-26-22(19)20(24-18-13-8-5-9-14-18)21(25)17-11-6-4-7-12-17/h4-9,11-14,19-20,22,24H,10,15-16H2,1-3H3. The van der Waals surface area contributed by atoms with E-state index in [2.05, 4.69) is 5.32 Å². The fourth-order valence-corrected chi connectivity index (χ4v) is 3.46. The number of anilines is 1. The molecule has 3 rings (SSSR count). The number of benzene rings is 2. The van der Waals surface area contributed by atoms with E-state index in [1.165, 1.54) is 0 Å². The molecule has 0 aliphatic carbocycles. The largest absolute Gasteiger partial charge is 0.373 e. The summed E-state index contributed by atoms with van der Waals surface area (Å²) < 4.78 is 12.4. The molecule has 1 aliphatic heterocycles. The highest BCUT2D eigenvalue weighted by molar-refractivity contribution is 6.02. The van der Waals surface area contributed by atoms with Gasteiger partial charge in [0.05, 0.1) is 11.7 Å². The van der Waals surface area contributed by atoms with Gasteiger partial charge >= 0.3 is 0 Å². The van der Waals surface area contributed by atoms with Crippen molar-refractivity contribution < 1.29 is 14.3 Å². The van der Waals surface area contributed by atoms with E-state index in [0.717, 1.165) is 18.5 Å². The Kier molecular flexibility index (Phi) is 6.30. The van der Waals surface area contributed by atoms with Gasteiger partial charge in [-0.1, -0.05) is 48.5 Å². The van der Waals surface area contributed by atoms with Gasteiger partial charge in [-0.15, -0.1) is 0 Å². The van der Waals surface area contributed by atoms with Crippen LogP contribution in [-0.4, -0.2) is 36.2 Å². The zero-order valence-electron chi connectivity index (χ0n) is 16.4. The third-order valence-corrected chi connectivity index (χ3v) is 4.58. The first-order valence-electron chi connectivity index (χ1n) is 9.64. The molecule has 144 valence electrons. The van der Waals surface area contributed by atoms with Gasteiger partial charge in [-0.25, -0.2) is 0 Å². The minimum atomic E-state index is -0.512. The van der Waals surface area contributed by atoms with E-state index in [9.17, 15) is 4.79 Å². The van der Waals surface area contributed by atoms with Crippen molar-refractivity contribution >= 4 is 11.5 Å². The van der Waals surface area contributed by atoms with E-state index in [0.29, 0.717) is 12.2 Å². The Morgan fingerprint density at radius 2 is 1.70 bits per heavy atom. The van der Waals surface area contributed by atoms with Crippen LogP contribution < -0.4 is 5.32 Å². The maximum Gasteiger partial charge on any atom is 0.187 e. The summed E-state index contributed by atoms with van der Waals surface area (Å²) in [5.41, 5.74) is 1.28. The molecule has 1 N–H and O–H groups in total. The van der Waals surface area contributed by atoms with Crippen molar-refractivity contribution in [1.29, 1.82) is 0 Å². The SMILES string of the molecule is CC(C)(C)OC1CCCOC1C(Nc1ccccc1)C(=O)c1ccccc1. The third kappa shape index (κ3) is 5.41. The van der Waals surface area contributed by atoms with Crippen LogP contribution in [0.3, 0.4) is 0 Å². The predicted octanol–water partition coefficient (Wildman–Crippen LogP) is 4.71. The molecule has 1 saturated heterocycles. The second-order valence-corrected chi connectivity index (χ2v) is 7.96. The average molecular weight is 367 g/mol. The number of para-hydroxylation sites is 1. The Hall–Kier alpha value is -2.17. The van der Waals surface area contributed by atoms with Crippen molar-refractivity contribution in [1.82, 2.24) is 0 Å². The lowest BCUT2D eigenvalue weighted by Gasteiger charge is -2.40. The first kappa shape index (κ1) is 19.6. The number of hydrogen-bond donors (Lipinski definition) is 1. The Morgan fingerprint density at radius 1 is 1.07 bits per heavy atom. The van der Waals surface area contributed by atoms with E-state index in [1.54, 1.807) is 0 Å². The molecule has 4 heteroatoms. The second kappa shape index (κ2) is 8.68. The predicted molar refractivity (Wildman–Crippen MR) is 108 cm³/mol. The summed E-state index contributed by atoms with van der Waals surface area (Å²) >= 11 is 0. The van der Waals surface area contributed by atoms with Gasteiger partial charge in [0.1, 0.15) is 12.1 Å². The number of hydrogen-bond acceptors (Lipinski definition) is 4. The summed E-state index contributed by atoms with van der Waals surface area (Å²) in [7, 11) is 0. The van der Waals surface area contributed by atoms with E-state index in [1.807, 2.05) is 81.4 Å². The Labute approximate surface area is 161 Å². The summed E-state index contributed by atoms with van der Waals surface area (Å²) in [4.78, 5) is 13.4. The van der Waals surface area contributed by atoms with E-state index in [4.69, 9.17) is 9.47 Å². The van der Waals surface area contributed by atoms with Gasteiger partial charge in [-0.2, -0.15) is 0 Å². The first-order valence-corrected chi connectivity index (χ1v) is 9.64. The molecule has 27 heavy (non-hydrogen) atoms. The Balaban J connectivity index is 1.90. The topological polar surface area (TPSA) is 47.6 Å². The van der Waals surface area contributed by atoms with Crippen molar-refractivity contribution in [3.63, 3.8) is 0 Å². The zero-order chi connectivity index (χ0) is 19.3. The molecule has 0 bridgehead atoms. The quantitative estimate of drug-likeness (QED) is 0.751. The molecule has 1 heterocycles. The monoisotopic (exact) mass is 367 g/mol. The summed E-state index contributed by atoms with van der Waals surface area (Å²) in [6.45, 7) is 6.76. The van der Waals surface area contributed by atoms with Crippen LogP contribution in [0.1, 0.15) is 44.0 Å². The lowest BCUT2D eigenvalue weighted by Crippen LogP contribution is -2.53. The molecule has 0 aromatic heterocycles. The lowest BCUT2D eigenvalue weighted by molar-refractivity contribution is -0.153. The van der Waals surface area contributed by atoms with Gasteiger partial charge < -0.3 is 14.8 Å². The number of ketones is 1. The van der Waals surface area contributed by atoms with Crippen LogP contribution in [0.2, 0.25) is 0 Å². The molecule has 0 amide bonds. The van der Waals surface area contributed by atoms with Crippen LogP contribution in [0, 0.1) is 0 Å². The summed E-state index contributed by atoms with van der Waals surface area (Å²) in [5, 5.41) is 3.41. The number of ether oxygens (including phenoxy) is 2. The molecule has 4 nitrogen and oxygen atoms in total. The van der Waals surface area contributed by atoms with Crippen LogP contribution >= 0.6 is 0 Å².